The number of pyridine rings is 1. The second kappa shape index (κ2) is 6.22. The maximum atomic E-state index is 12.4. The summed E-state index contributed by atoms with van der Waals surface area (Å²) in [6.45, 7) is 2.23. The number of nitrogens with one attached hydrogen (secondary N) is 1. The lowest BCUT2D eigenvalue weighted by Gasteiger charge is -2.07. The number of aromatic nitrogens is 2. The quantitative estimate of drug-likeness (QED) is 0.804. The maximum absolute atomic E-state index is 12.4. The van der Waals surface area contributed by atoms with E-state index < -0.39 is 5.91 Å². The molecule has 3 rings (SSSR count). The predicted molar refractivity (Wildman–Crippen MR) is 88.8 cm³/mol. The summed E-state index contributed by atoms with van der Waals surface area (Å²) in [5.41, 5.74) is 2.04. The van der Waals surface area contributed by atoms with Gasteiger partial charge in [0, 0.05) is 24.0 Å². The summed E-state index contributed by atoms with van der Waals surface area (Å²) in [5.74, 6) is -0.451. The molecule has 116 valence electrons. The Balaban J connectivity index is 1.83. The van der Waals surface area contributed by atoms with E-state index in [1.165, 1.54) is 10.6 Å². The Morgan fingerprint density at radius 1 is 1.26 bits per heavy atom. The first-order chi connectivity index (χ1) is 11.0. The average Bonchev–Trinajstić information content (AvgIpc) is 2.54. The van der Waals surface area contributed by atoms with E-state index in [1.807, 2.05) is 19.1 Å². The van der Waals surface area contributed by atoms with Gasteiger partial charge in [-0.25, -0.2) is 4.98 Å². The molecule has 1 N–H and O–H groups in total. The Kier molecular flexibility index (Phi) is 4.12. The van der Waals surface area contributed by atoms with E-state index in [9.17, 15) is 9.59 Å². The normalized spacial score (nSPS) is 10.7. The number of aryl methyl sites for hydroxylation is 1. The fourth-order valence-electron chi connectivity index (χ4n) is 2.21. The predicted octanol–water partition coefficient (Wildman–Crippen LogP) is 2.59. The van der Waals surface area contributed by atoms with Crippen molar-refractivity contribution in [1.29, 1.82) is 0 Å². The number of carbonyl (C=O) groups is 1. The van der Waals surface area contributed by atoms with E-state index in [2.05, 4.69) is 10.3 Å². The lowest BCUT2D eigenvalue weighted by Crippen LogP contribution is -2.31. The fourth-order valence-corrected chi connectivity index (χ4v) is 2.34. The molecule has 0 saturated carbocycles. The van der Waals surface area contributed by atoms with Crippen LogP contribution in [0.15, 0.2) is 53.6 Å². The zero-order chi connectivity index (χ0) is 16.4. The average molecular weight is 328 g/mol. The molecule has 2 aromatic heterocycles. The number of fused-ring (bicyclic) bond motifs is 1. The van der Waals surface area contributed by atoms with Gasteiger partial charge in [-0.1, -0.05) is 23.7 Å². The molecule has 2 heterocycles. The van der Waals surface area contributed by atoms with Gasteiger partial charge in [0.05, 0.1) is 0 Å². The molecule has 6 heteroatoms. The number of halogens is 1. The summed E-state index contributed by atoms with van der Waals surface area (Å²) in [5, 5.41) is 3.35. The third-order valence-corrected chi connectivity index (χ3v) is 3.73. The molecule has 0 bridgehead atoms. The standard InChI is InChI=1S/C17H14ClN3O2/c1-11-6-7-21-15(8-11)19-10-14(17(21)23)16(22)20-9-12-2-4-13(18)5-3-12/h2-8,10H,9H2,1H3,(H,20,22). The monoisotopic (exact) mass is 327 g/mol. The Labute approximate surface area is 137 Å². The van der Waals surface area contributed by atoms with Crippen LogP contribution >= 0.6 is 11.6 Å². The van der Waals surface area contributed by atoms with Gasteiger partial charge in [0.1, 0.15) is 11.2 Å². The van der Waals surface area contributed by atoms with Crippen molar-refractivity contribution in [2.24, 2.45) is 0 Å². The molecule has 0 unspecified atom stereocenters. The van der Waals surface area contributed by atoms with Crippen LogP contribution in [0.25, 0.3) is 5.65 Å². The van der Waals surface area contributed by atoms with E-state index in [0.717, 1.165) is 11.1 Å². The number of hydrogen-bond donors (Lipinski definition) is 1. The van der Waals surface area contributed by atoms with Crippen molar-refractivity contribution in [2.45, 2.75) is 13.5 Å². The number of nitrogens with zero attached hydrogens (tertiary/aromatic N) is 2. The van der Waals surface area contributed by atoms with Crippen LogP contribution in [0, 0.1) is 6.92 Å². The SMILES string of the molecule is Cc1ccn2c(=O)c(C(=O)NCc3ccc(Cl)cc3)cnc2c1. The van der Waals surface area contributed by atoms with E-state index >= 15 is 0 Å². The third-order valence-electron chi connectivity index (χ3n) is 3.48. The summed E-state index contributed by atoms with van der Waals surface area (Å²) in [4.78, 5) is 28.8. The molecule has 23 heavy (non-hydrogen) atoms. The highest BCUT2D eigenvalue weighted by molar-refractivity contribution is 6.30. The summed E-state index contributed by atoms with van der Waals surface area (Å²) < 4.78 is 1.37. The van der Waals surface area contributed by atoms with Crippen LogP contribution in [-0.4, -0.2) is 15.3 Å². The Morgan fingerprint density at radius 3 is 2.74 bits per heavy atom. The van der Waals surface area contributed by atoms with Crippen LogP contribution in [0.4, 0.5) is 0 Å². The number of amides is 1. The van der Waals surface area contributed by atoms with E-state index in [4.69, 9.17) is 11.6 Å². The fraction of sp³-hybridized carbons (Fsp3) is 0.118. The molecule has 0 fully saturated rings. The summed E-state index contributed by atoms with van der Waals surface area (Å²) in [7, 11) is 0. The molecule has 0 saturated heterocycles. The molecule has 0 radical (unpaired) electrons. The molecule has 0 aliphatic carbocycles. The zero-order valence-electron chi connectivity index (χ0n) is 12.4. The van der Waals surface area contributed by atoms with E-state index in [-0.39, 0.29) is 11.1 Å². The van der Waals surface area contributed by atoms with Crippen molar-refractivity contribution >= 4 is 23.2 Å². The second-order valence-corrected chi connectivity index (χ2v) is 5.65. The minimum atomic E-state index is -0.451. The van der Waals surface area contributed by atoms with Crippen LogP contribution in [0.2, 0.25) is 5.02 Å². The highest BCUT2D eigenvalue weighted by Gasteiger charge is 2.13. The topological polar surface area (TPSA) is 63.5 Å². The largest absolute Gasteiger partial charge is 0.348 e. The van der Waals surface area contributed by atoms with Crippen molar-refractivity contribution in [3.8, 4) is 0 Å². The van der Waals surface area contributed by atoms with Crippen LogP contribution in [0.1, 0.15) is 21.5 Å². The van der Waals surface area contributed by atoms with Crippen molar-refractivity contribution in [1.82, 2.24) is 14.7 Å². The first-order valence-electron chi connectivity index (χ1n) is 7.05. The van der Waals surface area contributed by atoms with Crippen LogP contribution in [-0.2, 0) is 6.54 Å². The van der Waals surface area contributed by atoms with Gasteiger partial charge in [-0.05, 0) is 42.3 Å². The summed E-state index contributed by atoms with van der Waals surface area (Å²) in [6.07, 6.45) is 2.93. The molecular formula is C17H14ClN3O2. The van der Waals surface area contributed by atoms with Crippen molar-refractivity contribution in [2.75, 3.05) is 0 Å². The molecule has 3 aromatic rings. The van der Waals surface area contributed by atoms with Crippen LogP contribution in [0.5, 0.6) is 0 Å². The van der Waals surface area contributed by atoms with E-state index in [0.29, 0.717) is 17.2 Å². The molecule has 0 aliphatic heterocycles. The van der Waals surface area contributed by atoms with Gasteiger partial charge in [-0.3, -0.25) is 14.0 Å². The van der Waals surface area contributed by atoms with Gasteiger partial charge in [0.25, 0.3) is 11.5 Å². The van der Waals surface area contributed by atoms with Gasteiger partial charge < -0.3 is 5.32 Å². The number of benzene rings is 1. The molecule has 0 aliphatic rings. The lowest BCUT2D eigenvalue weighted by molar-refractivity contribution is 0.0949. The second-order valence-electron chi connectivity index (χ2n) is 5.22. The highest BCUT2D eigenvalue weighted by Crippen LogP contribution is 2.09. The number of carbonyl (C=O) groups excluding carboxylic acids is 1. The first-order valence-corrected chi connectivity index (χ1v) is 7.43. The van der Waals surface area contributed by atoms with Crippen LogP contribution in [0.3, 0.4) is 0 Å². The van der Waals surface area contributed by atoms with E-state index in [1.54, 1.807) is 30.5 Å². The van der Waals surface area contributed by atoms with Crippen molar-refractivity contribution < 1.29 is 4.79 Å². The Morgan fingerprint density at radius 2 is 2.00 bits per heavy atom. The number of rotatable bonds is 3. The Bertz CT molecular complexity index is 933. The third kappa shape index (κ3) is 3.24. The highest BCUT2D eigenvalue weighted by atomic mass is 35.5. The van der Waals surface area contributed by atoms with Gasteiger partial charge in [0.15, 0.2) is 0 Å². The minimum absolute atomic E-state index is 0.0142. The zero-order valence-corrected chi connectivity index (χ0v) is 13.2. The Hall–Kier alpha value is -2.66. The smallest absolute Gasteiger partial charge is 0.270 e. The summed E-state index contributed by atoms with van der Waals surface area (Å²) >= 11 is 5.82. The van der Waals surface area contributed by atoms with Gasteiger partial charge in [0.2, 0.25) is 0 Å². The number of hydrogen-bond acceptors (Lipinski definition) is 3. The molecular weight excluding hydrogens is 314 g/mol. The van der Waals surface area contributed by atoms with Gasteiger partial charge in [-0.15, -0.1) is 0 Å². The molecule has 0 atom stereocenters. The minimum Gasteiger partial charge on any atom is -0.348 e. The molecule has 1 aromatic carbocycles. The molecule has 0 spiro atoms. The van der Waals surface area contributed by atoms with Crippen molar-refractivity contribution in [3.05, 3.63) is 80.9 Å². The van der Waals surface area contributed by atoms with Gasteiger partial charge >= 0.3 is 0 Å². The van der Waals surface area contributed by atoms with Gasteiger partial charge in [-0.2, -0.15) is 0 Å². The lowest BCUT2D eigenvalue weighted by atomic mass is 10.2. The first kappa shape index (κ1) is 15.2. The van der Waals surface area contributed by atoms with Crippen molar-refractivity contribution in [3.63, 3.8) is 0 Å². The molecule has 5 nitrogen and oxygen atoms in total. The van der Waals surface area contributed by atoms with Crippen LogP contribution < -0.4 is 10.9 Å². The maximum Gasteiger partial charge on any atom is 0.270 e. The molecule has 1 amide bonds. The summed E-state index contributed by atoms with van der Waals surface area (Å²) in [6, 6.07) is 10.7.